The van der Waals surface area contributed by atoms with E-state index in [4.69, 9.17) is 16.3 Å². The summed E-state index contributed by atoms with van der Waals surface area (Å²) >= 11 is 6.25. The van der Waals surface area contributed by atoms with Crippen molar-refractivity contribution in [2.24, 2.45) is 5.92 Å². The number of hydrogen-bond acceptors (Lipinski definition) is 7. The summed E-state index contributed by atoms with van der Waals surface area (Å²) in [6.07, 6.45) is 6.11. The Kier molecular flexibility index (Phi) is 8.08. The molecule has 0 bridgehead atoms. The lowest BCUT2D eigenvalue weighted by Crippen LogP contribution is -2.53. The number of aromatic nitrogens is 2. The summed E-state index contributed by atoms with van der Waals surface area (Å²) in [6, 6.07) is 8.12. The molecule has 4 aliphatic rings. The second-order valence-electron chi connectivity index (χ2n) is 11.8. The molecule has 3 aliphatic heterocycles. The van der Waals surface area contributed by atoms with Crippen LogP contribution in [0.15, 0.2) is 30.6 Å². The van der Waals surface area contributed by atoms with Gasteiger partial charge in [-0.25, -0.2) is 9.97 Å². The first-order chi connectivity index (χ1) is 19.0. The molecule has 0 unspecified atom stereocenters. The number of ether oxygens (including phenoxy) is 1. The van der Waals surface area contributed by atoms with Crippen molar-refractivity contribution < 1.29 is 14.6 Å². The van der Waals surface area contributed by atoms with Crippen LogP contribution in [-0.4, -0.2) is 89.3 Å². The van der Waals surface area contributed by atoms with E-state index in [1.54, 1.807) is 6.33 Å². The number of amides is 1. The molecule has 9 heteroatoms. The smallest absolute Gasteiger partial charge is 0.231 e. The van der Waals surface area contributed by atoms with Gasteiger partial charge in [-0.15, -0.1) is 0 Å². The van der Waals surface area contributed by atoms with E-state index >= 15 is 0 Å². The summed E-state index contributed by atoms with van der Waals surface area (Å²) in [7, 11) is 0. The van der Waals surface area contributed by atoms with Crippen molar-refractivity contribution in [3.63, 3.8) is 0 Å². The van der Waals surface area contributed by atoms with E-state index in [0.29, 0.717) is 30.5 Å². The van der Waals surface area contributed by atoms with E-state index in [1.165, 1.54) is 0 Å². The molecular weight excluding hydrogens is 514 g/mol. The van der Waals surface area contributed by atoms with Gasteiger partial charge in [-0.2, -0.15) is 0 Å². The van der Waals surface area contributed by atoms with Gasteiger partial charge in [0.25, 0.3) is 0 Å². The number of carbonyl (C=O) groups excluding carboxylic acids is 1. The largest absolute Gasteiger partial charge is 0.387 e. The summed E-state index contributed by atoms with van der Waals surface area (Å²) in [4.78, 5) is 30.2. The van der Waals surface area contributed by atoms with E-state index in [2.05, 4.69) is 31.6 Å². The van der Waals surface area contributed by atoms with Crippen molar-refractivity contribution in [1.82, 2.24) is 19.8 Å². The van der Waals surface area contributed by atoms with Gasteiger partial charge in [0.1, 0.15) is 12.1 Å². The number of anilines is 1. The summed E-state index contributed by atoms with van der Waals surface area (Å²) in [5.41, 5.74) is 2.89. The van der Waals surface area contributed by atoms with Crippen LogP contribution in [0.4, 0.5) is 5.82 Å². The first-order valence-electron chi connectivity index (χ1n) is 14.6. The first-order valence-corrected chi connectivity index (χ1v) is 15.0. The maximum atomic E-state index is 14.3. The topological polar surface area (TPSA) is 82.0 Å². The molecule has 8 nitrogen and oxygen atoms in total. The third-order valence-corrected chi connectivity index (χ3v) is 9.55. The average molecular weight is 554 g/mol. The Hall–Kier alpha value is -2.26. The van der Waals surface area contributed by atoms with Gasteiger partial charge in [0.2, 0.25) is 5.91 Å². The fourth-order valence-corrected chi connectivity index (χ4v) is 7.33. The van der Waals surface area contributed by atoms with E-state index in [9.17, 15) is 9.90 Å². The molecule has 2 aromatic rings. The molecular formula is C30H40ClN5O3. The first kappa shape index (κ1) is 26.9. The molecule has 1 N–H and O–H groups in total. The Morgan fingerprint density at radius 3 is 2.56 bits per heavy atom. The van der Waals surface area contributed by atoms with Gasteiger partial charge in [-0.05, 0) is 68.2 Å². The monoisotopic (exact) mass is 553 g/mol. The quantitative estimate of drug-likeness (QED) is 0.579. The minimum Gasteiger partial charge on any atom is -0.387 e. The predicted octanol–water partition coefficient (Wildman–Crippen LogP) is 3.99. The van der Waals surface area contributed by atoms with Crippen LogP contribution in [0.1, 0.15) is 73.8 Å². The molecule has 3 fully saturated rings. The number of aliphatic hydroxyl groups is 1. The van der Waals surface area contributed by atoms with Crippen LogP contribution < -0.4 is 4.90 Å². The summed E-state index contributed by atoms with van der Waals surface area (Å²) < 4.78 is 5.60. The molecule has 0 saturated carbocycles. The molecule has 4 atom stereocenters. The van der Waals surface area contributed by atoms with E-state index in [1.807, 2.05) is 24.3 Å². The zero-order valence-corrected chi connectivity index (χ0v) is 23.6. The van der Waals surface area contributed by atoms with Crippen molar-refractivity contribution >= 4 is 23.3 Å². The molecule has 0 radical (unpaired) electrons. The number of hydrogen-bond donors (Lipinski definition) is 1. The highest BCUT2D eigenvalue weighted by Crippen LogP contribution is 2.43. The Morgan fingerprint density at radius 1 is 1.08 bits per heavy atom. The molecule has 6 rings (SSSR count). The number of likely N-dealkylation sites (tertiary alicyclic amines) is 1. The molecule has 4 heterocycles. The van der Waals surface area contributed by atoms with Crippen LogP contribution in [0.2, 0.25) is 5.02 Å². The van der Waals surface area contributed by atoms with E-state index in [-0.39, 0.29) is 23.8 Å². The zero-order valence-electron chi connectivity index (χ0n) is 22.8. The number of fused-ring (bicyclic) bond motifs is 1. The maximum absolute atomic E-state index is 14.3. The number of benzene rings is 1. The lowest BCUT2D eigenvalue weighted by atomic mass is 9.87. The highest BCUT2D eigenvalue weighted by Gasteiger charge is 2.41. The SMILES string of the molecule is C[C@@H]1C[C@@H](O)c2ncnc(N3CCN(C(=O)[C@@H](c4ccc(Cl)cc4)[C@@H]4CCCN4CC4CCOCC4)CC3)c21. The molecule has 210 valence electrons. The number of nitrogens with zero attached hydrogens (tertiary/aromatic N) is 5. The Labute approximate surface area is 236 Å². The van der Waals surface area contributed by atoms with Crippen LogP contribution in [0, 0.1) is 5.92 Å². The molecule has 1 aliphatic carbocycles. The van der Waals surface area contributed by atoms with Crippen molar-refractivity contribution in [2.75, 3.05) is 57.4 Å². The Morgan fingerprint density at radius 2 is 1.82 bits per heavy atom. The van der Waals surface area contributed by atoms with E-state index < -0.39 is 6.10 Å². The van der Waals surface area contributed by atoms with Gasteiger partial charge in [0, 0.05) is 62.6 Å². The third-order valence-electron chi connectivity index (χ3n) is 9.30. The van der Waals surface area contributed by atoms with Crippen LogP contribution in [0.3, 0.4) is 0 Å². The van der Waals surface area contributed by atoms with Gasteiger partial charge >= 0.3 is 0 Å². The highest BCUT2D eigenvalue weighted by atomic mass is 35.5. The minimum atomic E-state index is -0.518. The van der Waals surface area contributed by atoms with Crippen LogP contribution in [0.5, 0.6) is 0 Å². The summed E-state index contributed by atoms with van der Waals surface area (Å²) in [6.45, 7) is 8.69. The molecule has 0 spiro atoms. The number of piperazine rings is 1. The van der Waals surface area contributed by atoms with Gasteiger partial charge in [0.05, 0.1) is 17.7 Å². The second kappa shape index (κ2) is 11.7. The highest BCUT2D eigenvalue weighted by molar-refractivity contribution is 6.30. The van der Waals surface area contributed by atoms with Crippen LogP contribution in [-0.2, 0) is 9.53 Å². The molecule has 1 aromatic carbocycles. The average Bonchev–Trinajstić information content (AvgIpc) is 3.53. The van der Waals surface area contributed by atoms with Gasteiger partial charge in [0.15, 0.2) is 0 Å². The van der Waals surface area contributed by atoms with Gasteiger partial charge in [-0.1, -0.05) is 30.7 Å². The lowest BCUT2D eigenvalue weighted by molar-refractivity contribution is -0.134. The maximum Gasteiger partial charge on any atom is 0.231 e. The Balaban J connectivity index is 1.19. The molecule has 1 aromatic heterocycles. The number of halogens is 1. The van der Waals surface area contributed by atoms with Crippen LogP contribution in [0.25, 0.3) is 0 Å². The fraction of sp³-hybridized carbons (Fsp3) is 0.633. The normalized spacial score (nSPS) is 27.1. The number of carbonyl (C=O) groups is 1. The fourth-order valence-electron chi connectivity index (χ4n) is 7.21. The van der Waals surface area contributed by atoms with Crippen molar-refractivity contribution in [1.29, 1.82) is 0 Å². The zero-order chi connectivity index (χ0) is 26.9. The lowest BCUT2D eigenvalue weighted by Gasteiger charge is -2.40. The molecule has 39 heavy (non-hydrogen) atoms. The van der Waals surface area contributed by atoms with Gasteiger partial charge in [-0.3, -0.25) is 9.69 Å². The van der Waals surface area contributed by atoms with Crippen molar-refractivity contribution in [2.45, 2.75) is 63.0 Å². The number of rotatable bonds is 6. The van der Waals surface area contributed by atoms with Crippen molar-refractivity contribution in [3.8, 4) is 0 Å². The Bertz CT molecular complexity index is 1150. The predicted molar refractivity (Wildman–Crippen MR) is 151 cm³/mol. The van der Waals surface area contributed by atoms with Crippen molar-refractivity contribution in [3.05, 3.63) is 52.4 Å². The summed E-state index contributed by atoms with van der Waals surface area (Å²) in [5, 5.41) is 11.1. The third kappa shape index (κ3) is 5.53. The van der Waals surface area contributed by atoms with E-state index in [0.717, 1.165) is 87.7 Å². The van der Waals surface area contributed by atoms with Crippen LogP contribution >= 0.6 is 11.6 Å². The van der Waals surface area contributed by atoms with Gasteiger partial charge < -0.3 is 19.6 Å². The molecule has 1 amide bonds. The standard InChI is InChI=1S/C30H40ClN5O3/c1-20-17-25(37)28-26(20)29(33-19-32-28)34-11-13-35(14-12-34)30(38)27(22-4-6-23(31)7-5-22)24-3-2-10-36(24)18-21-8-15-39-16-9-21/h4-7,19-21,24-25,27,37H,2-3,8-18H2,1H3/t20-,24+,25-,27+/m1/s1. The minimum absolute atomic E-state index is 0.199. The molecule has 3 saturated heterocycles. The number of aliphatic hydroxyl groups excluding tert-OH is 1. The summed E-state index contributed by atoms with van der Waals surface area (Å²) in [5.74, 6) is 1.81. The second-order valence-corrected chi connectivity index (χ2v) is 12.2.